The molecule has 1 saturated heterocycles. The Balaban J connectivity index is 1.76. The van der Waals surface area contributed by atoms with Crippen LogP contribution in [0.4, 0.5) is 0 Å². The average Bonchev–Trinajstić information content (AvgIpc) is 3.39. The van der Waals surface area contributed by atoms with Gasteiger partial charge in [0.25, 0.3) is 0 Å². The van der Waals surface area contributed by atoms with Crippen LogP contribution in [-0.4, -0.2) is 37.8 Å². The molecule has 1 saturated carbocycles. The summed E-state index contributed by atoms with van der Waals surface area (Å²) in [5.41, 5.74) is 5.01. The third kappa shape index (κ3) is 3.44. The van der Waals surface area contributed by atoms with Crippen molar-refractivity contribution in [2.45, 2.75) is 64.1 Å². The van der Waals surface area contributed by atoms with Crippen LogP contribution in [0, 0.1) is 13.8 Å². The van der Waals surface area contributed by atoms with Crippen LogP contribution in [0.25, 0.3) is 0 Å². The third-order valence-electron chi connectivity index (χ3n) is 6.29. The predicted molar refractivity (Wildman–Crippen MR) is 115 cm³/mol. The molecule has 1 aliphatic carbocycles. The third-order valence-corrected chi connectivity index (χ3v) is 6.64. The van der Waals surface area contributed by atoms with Gasteiger partial charge in [0.15, 0.2) is 5.11 Å². The zero-order valence-corrected chi connectivity index (χ0v) is 17.6. The van der Waals surface area contributed by atoms with Crippen LogP contribution >= 0.6 is 12.2 Å². The van der Waals surface area contributed by atoms with Crippen LogP contribution in [0.1, 0.15) is 72.9 Å². The molecule has 0 spiro atoms. The number of nitrogens with zero attached hydrogens (tertiary/aromatic N) is 3. The van der Waals surface area contributed by atoms with Crippen LogP contribution in [0.15, 0.2) is 30.5 Å². The summed E-state index contributed by atoms with van der Waals surface area (Å²) in [5.74, 6) is 0. The number of rotatable bonds is 6. The summed E-state index contributed by atoms with van der Waals surface area (Å²) >= 11 is 5.70. The van der Waals surface area contributed by atoms with Gasteiger partial charge in [-0.1, -0.05) is 18.9 Å². The van der Waals surface area contributed by atoms with Gasteiger partial charge in [-0.2, -0.15) is 0 Å². The minimum Gasteiger partial charge on any atom is -0.396 e. The van der Waals surface area contributed by atoms with Crippen molar-refractivity contribution in [1.82, 2.24) is 19.8 Å². The highest BCUT2D eigenvalue weighted by Gasteiger charge is 2.41. The summed E-state index contributed by atoms with van der Waals surface area (Å²) in [5, 5.41) is 13.6. The molecule has 0 unspecified atom stereocenters. The second-order valence-electron chi connectivity index (χ2n) is 8.03. The van der Waals surface area contributed by atoms with Gasteiger partial charge < -0.3 is 19.9 Å². The number of aromatic nitrogens is 2. The lowest BCUT2D eigenvalue weighted by Gasteiger charge is -2.28. The molecule has 2 aliphatic rings. The number of aliphatic hydroxyl groups excluding tert-OH is 1. The van der Waals surface area contributed by atoms with Gasteiger partial charge in [0.05, 0.1) is 17.8 Å². The van der Waals surface area contributed by atoms with E-state index < -0.39 is 0 Å². The number of thiocarbonyl (C=S) groups is 1. The van der Waals surface area contributed by atoms with E-state index in [1.54, 1.807) is 0 Å². The van der Waals surface area contributed by atoms with Crippen molar-refractivity contribution in [3.63, 3.8) is 0 Å². The van der Waals surface area contributed by atoms with E-state index >= 15 is 0 Å². The monoisotopic (exact) mass is 398 g/mol. The number of nitrogens with one attached hydrogen (secondary N) is 1. The first-order valence-electron chi connectivity index (χ1n) is 10.4. The van der Waals surface area contributed by atoms with Crippen molar-refractivity contribution in [1.29, 1.82) is 0 Å². The molecule has 2 N–H and O–H groups in total. The van der Waals surface area contributed by atoms with Gasteiger partial charge in [-0.25, -0.2) is 0 Å². The van der Waals surface area contributed by atoms with Crippen LogP contribution in [0.3, 0.4) is 0 Å². The van der Waals surface area contributed by atoms with E-state index in [0.717, 1.165) is 17.4 Å². The summed E-state index contributed by atoms with van der Waals surface area (Å²) < 4.78 is 2.55. The van der Waals surface area contributed by atoms with Gasteiger partial charge >= 0.3 is 0 Å². The highest BCUT2D eigenvalue weighted by atomic mass is 32.1. The Labute approximate surface area is 172 Å². The molecule has 6 heteroatoms. The van der Waals surface area contributed by atoms with Gasteiger partial charge in [-0.05, 0) is 69.1 Å². The predicted octanol–water partition coefficient (Wildman–Crippen LogP) is 3.97. The number of hydrogen-bond acceptors (Lipinski definition) is 3. The number of hydrogen-bond donors (Lipinski definition) is 2. The second-order valence-corrected chi connectivity index (χ2v) is 8.42. The molecule has 3 heterocycles. The fourth-order valence-electron chi connectivity index (χ4n) is 5.05. The maximum absolute atomic E-state index is 9.39. The molecule has 0 amide bonds. The van der Waals surface area contributed by atoms with E-state index in [0.29, 0.717) is 12.5 Å². The standard InChI is InChI=1S/C22H30N4OS/c1-15-14-18(16(2)26(15)17-8-3-4-9-17)21-20(19-10-5-6-11-23-19)24-22(28)25(21)12-7-13-27/h5-6,10-11,14,17,20-21,27H,3-4,7-9,12-13H2,1-2H3,(H,24,28)/t20-,21-/m1/s1. The van der Waals surface area contributed by atoms with Gasteiger partial charge in [0, 0.05) is 36.8 Å². The molecular weight excluding hydrogens is 368 g/mol. The Hall–Kier alpha value is -1.92. The Morgan fingerprint density at radius 1 is 1.25 bits per heavy atom. The Morgan fingerprint density at radius 2 is 2.04 bits per heavy atom. The minimum absolute atomic E-state index is 0.0184. The fourth-order valence-corrected chi connectivity index (χ4v) is 5.38. The first-order valence-corrected chi connectivity index (χ1v) is 10.8. The van der Waals surface area contributed by atoms with Gasteiger partial charge in [0.1, 0.15) is 0 Å². The smallest absolute Gasteiger partial charge is 0.170 e. The van der Waals surface area contributed by atoms with Crippen molar-refractivity contribution in [3.8, 4) is 0 Å². The molecule has 5 nitrogen and oxygen atoms in total. The van der Waals surface area contributed by atoms with Crippen LogP contribution < -0.4 is 5.32 Å². The molecule has 0 radical (unpaired) electrons. The fraction of sp³-hybridized carbons (Fsp3) is 0.545. The highest BCUT2D eigenvalue weighted by Crippen LogP contribution is 2.42. The Kier molecular flexibility index (Phi) is 5.69. The summed E-state index contributed by atoms with van der Waals surface area (Å²) in [6, 6.07) is 9.12. The Morgan fingerprint density at radius 3 is 2.71 bits per heavy atom. The number of pyridine rings is 1. The van der Waals surface area contributed by atoms with Crippen molar-refractivity contribution in [2.24, 2.45) is 0 Å². The second kappa shape index (κ2) is 8.21. The lowest BCUT2D eigenvalue weighted by atomic mass is 9.96. The van der Waals surface area contributed by atoms with Gasteiger partial charge in [-0.3, -0.25) is 4.98 Å². The molecule has 2 aromatic heterocycles. The van der Waals surface area contributed by atoms with Crippen molar-refractivity contribution in [2.75, 3.05) is 13.2 Å². The lowest BCUT2D eigenvalue weighted by molar-refractivity contribution is 0.247. The van der Waals surface area contributed by atoms with Gasteiger partial charge in [-0.15, -0.1) is 0 Å². The summed E-state index contributed by atoms with van der Waals surface area (Å²) in [6.45, 7) is 5.38. The zero-order chi connectivity index (χ0) is 19.7. The first-order chi connectivity index (χ1) is 13.6. The van der Waals surface area contributed by atoms with Crippen LogP contribution in [0.2, 0.25) is 0 Å². The minimum atomic E-state index is 0.0184. The molecule has 2 fully saturated rings. The quantitative estimate of drug-likeness (QED) is 0.721. The normalized spacial score (nSPS) is 22.8. The highest BCUT2D eigenvalue weighted by molar-refractivity contribution is 7.80. The number of aliphatic hydroxyl groups is 1. The van der Waals surface area contributed by atoms with E-state index in [1.807, 2.05) is 18.3 Å². The van der Waals surface area contributed by atoms with E-state index in [1.165, 1.54) is 42.6 Å². The van der Waals surface area contributed by atoms with E-state index in [2.05, 4.69) is 45.7 Å². The zero-order valence-electron chi connectivity index (χ0n) is 16.8. The molecule has 0 aromatic carbocycles. The van der Waals surface area contributed by atoms with Crippen molar-refractivity contribution >= 4 is 17.3 Å². The molecule has 0 bridgehead atoms. The lowest BCUT2D eigenvalue weighted by Crippen LogP contribution is -2.31. The van der Waals surface area contributed by atoms with Gasteiger partial charge in [0.2, 0.25) is 0 Å². The summed E-state index contributed by atoms with van der Waals surface area (Å²) in [4.78, 5) is 6.86. The maximum Gasteiger partial charge on any atom is 0.170 e. The van der Waals surface area contributed by atoms with Crippen molar-refractivity contribution in [3.05, 3.63) is 53.1 Å². The average molecular weight is 399 g/mol. The molecule has 1 aliphatic heterocycles. The SMILES string of the molecule is Cc1cc([C@@H]2[C@@H](c3ccccn3)NC(=S)N2CCCO)c(C)n1C1CCCC1. The van der Waals surface area contributed by atoms with Crippen molar-refractivity contribution < 1.29 is 5.11 Å². The maximum atomic E-state index is 9.39. The molecule has 2 aromatic rings. The molecule has 2 atom stereocenters. The van der Waals surface area contributed by atoms with E-state index in [9.17, 15) is 5.11 Å². The summed E-state index contributed by atoms with van der Waals surface area (Å²) in [6.07, 6.45) is 7.74. The largest absolute Gasteiger partial charge is 0.396 e. The topological polar surface area (TPSA) is 53.3 Å². The summed E-state index contributed by atoms with van der Waals surface area (Å²) in [7, 11) is 0. The first kappa shape index (κ1) is 19.4. The van der Waals surface area contributed by atoms with E-state index in [-0.39, 0.29) is 18.7 Å². The van der Waals surface area contributed by atoms with Crippen LogP contribution in [-0.2, 0) is 0 Å². The van der Waals surface area contributed by atoms with Crippen LogP contribution in [0.5, 0.6) is 0 Å². The molecule has 4 rings (SSSR count). The molecule has 28 heavy (non-hydrogen) atoms. The number of aryl methyl sites for hydroxylation is 1. The molecule has 150 valence electrons. The molecular formula is C22H30N4OS. The Bertz CT molecular complexity index is 829. The van der Waals surface area contributed by atoms with E-state index in [4.69, 9.17) is 12.2 Å².